The molecule has 0 aromatic heterocycles. The Morgan fingerprint density at radius 3 is 2.36 bits per heavy atom. The lowest BCUT2D eigenvalue weighted by Gasteiger charge is -2.36. The van der Waals surface area contributed by atoms with Gasteiger partial charge >= 0.3 is 0 Å². The van der Waals surface area contributed by atoms with Crippen molar-refractivity contribution in [2.24, 2.45) is 0 Å². The van der Waals surface area contributed by atoms with Crippen LogP contribution in [-0.4, -0.2) is 43.5 Å². The van der Waals surface area contributed by atoms with Gasteiger partial charge in [0.25, 0.3) is 0 Å². The van der Waals surface area contributed by atoms with Crippen LogP contribution in [0.25, 0.3) is 0 Å². The minimum absolute atomic E-state index is 0.170. The number of hydrogen-bond donors (Lipinski definition) is 1. The summed E-state index contributed by atoms with van der Waals surface area (Å²) in [5, 5.41) is 3.28. The van der Waals surface area contributed by atoms with E-state index in [0.29, 0.717) is 6.54 Å². The number of rotatable bonds is 4. The largest absolute Gasteiger partial charge is 0.376 e. The van der Waals surface area contributed by atoms with Crippen molar-refractivity contribution < 1.29 is 4.79 Å². The average Bonchev–Trinajstić information content (AvgIpc) is 2.61. The summed E-state index contributed by atoms with van der Waals surface area (Å²) in [5.41, 5.74) is 5.98. The van der Waals surface area contributed by atoms with Gasteiger partial charge in [0.15, 0.2) is 0 Å². The monoisotopic (exact) mass is 337 g/mol. The maximum Gasteiger partial charge on any atom is 0.241 e. The lowest BCUT2D eigenvalue weighted by Crippen LogP contribution is -2.50. The van der Waals surface area contributed by atoms with Crippen LogP contribution in [0.15, 0.2) is 42.5 Å². The number of amides is 1. The number of hydrogen-bond acceptors (Lipinski definition) is 3. The maximum absolute atomic E-state index is 12.5. The Balaban J connectivity index is 1.51. The number of aryl methyl sites for hydroxylation is 3. The zero-order valence-corrected chi connectivity index (χ0v) is 15.4. The first kappa shape index (κ1) is 17.3. The Kier molecular flexibility index (Phi) is 5.27. The second kappa shape index (κ2) is 7.60. The molecule has 3 rings (SSSR count). The lowest BCUT2D eigenvalue weighted by atomic mass is 10.1. The van der Waals surface area contributed by atoms with E-state index in [2.05, 4.69) is 67.4 Å². The van der Waals surface area contributed by atoms with E-state index in [0.717, 1.165) is 31.9 Å². The molecule has 0 saturated carbocycles. The molecule has 4 nitrogen and oxygen atoms in total. The van der Waals surface area contributed by atoms with Gasteiger partial charge in [-0.2, -0.15) is 0 Å². The molecular formula is C21H27N3O. The SMILES string of the molecule is Cc1cccc(N2CCN(C(=O)CNc3ccc(C)cc3C)CC2)c1. The van der Waals surface area contributed by atoms with E-state index in [4.69, 9.17) is 0 Å². The zero-order chi connectivity index (χ0) is 17.8. The summed E-state index contributed by atoms with van der Waals surface area (Å²) in [5.74, 6) is 0.170. The predicted octanol–water partition coefficient (Wildman–Crippen LogP) is 3.37. The molecule has 1 aliphatic heterocycles. The Morgan fingerprint density at radius 1 is 0.960 bits per heavy atom. The van der Waals surface area contributed by atoms with E-state index in [-0.39, 0.29) is 5.91 Å². The van der Waals surface area contributed by atoms with E-state index >= 15 is 0 Å². The number of piperazine rings is 1. The molecular weight excluding hydrogens is 310 g/mol. The minimum atomic E-state index is 0.170. The van der Waals surface area contributed by atoms with E-state index < -0.39 is 0 Å². The van der Waals surface area contributed by atoms with Crippen molar-refractivity contribution in [3.8, 4) is 0 Å². The van der Waals surface area contributed by atoms with Crippen molar-refractivity contribution in [1.29, 1.82) is 0 Å². The molecule has 1 saturated heterocycles. The fourth-order valence-electron chi connectivity index (χ4n) is 3.33. The Morgan fingerprint density at radius 2 is 1.68 bits per heavy atom. The highest BCUT2D eigenvalue weighted by atomic mass is 16.2. The summed E-state index contributed by atoms with van der Waals surface area (Å²) < 4.78 is 0. The topological polar surface area (TPSA) is 35.6 Å². The van der Waals surface area contributed by atoms with Crippen LogP contribution >= 0.6 is 0 Å². The number of nitrogens with zero attached hydrogens (tertiary/aromatic N) is 2. The molecule has 0 bridgehead atoms. The van der Waals surface area contributed by atoms with Crippen molar-refractivity contribution in [3.05, 3.63) is 59.2 Å². The smallest absolute Gasteiger partial charge is 0.241 e. The van der Waals surface area contributed by atoms with Gasteiger partial charge in [-0.15, -0.1) is 0 Å². The van der Waals surface area contributed by atoms with Crippen molar-refractivity contribution in [3.63, 3.8) is 0 Å². The van der Waals surface area contributed by atoms with Crippen LogP contribution in [0.2, 0.25) is 0 Å². The maximum atomic E-state index is 12.5. The molecule has 132 valence electrons. The van der Waals surface area contributed by atoms with E-state index in [1.54, 1.807) is 0 Å². The van der Waals surface area contributed by atoms with Gasteiger partial charge in [0.1, 0.15) is 0 Å². The molecule has 2 aromatic carbocycles. The molecule has 1 heterocycles. The van der Waals surface area contributed by atoms with Gasteiger partial charge in [-0.3, -0.25) is 4.79 Å². The fourth-order valence-corrected chi connectivity index (χ4v) is 3.33. The molecule has 0 radical (unpaired) electrons. The highest BCUT2D eigenvalue weighted by Gasteiger charge is 2.21. The van der Waals surface area contributed by atoms with Crippen LogP contribution in [0.1, 0.15) is 16.7 Å². The standard InChI is InChI=1S/C21H27N3O/c1-16-5-4-6-19(14-16)23-9-11-24(12-10-23)21(25)15-22-20-8-7-17(2)13-18(20)3/h4-8,13-14,22H,9-12,15H2,1-3H3. The highest BCUT2D eigenvalue weighted by molar-refractivity contribution is 5.81. The first-order valence-electron chi connectivity index (χ1n) is 8.93. The summed E-state index contributed by atoms with van der Waals surface area (Å²) >= 11 is 0. The third-order valence-corrected chi connectivity index (χ3v) is 4.81. The van der Waals surface area contributed by atoms with Crippen LogP contribution in [0.5, 0.6) is 0 Å². The number of carbonyl (C=O) groups excluding carboxylic acids is 1. The van der Waals surface area contributed by atoms with Crippen molar-refractivity contribution in [2.75, 3.05) is 42.9 Å². The van der Waals surface area contributed by atoms with Gasteiger partial charge in [0, 0.05) is 37.6 Å². The summed E-state index contributed by atoms with van der Waals surface area (Å²) in [6.45, 7) is 9.95. The molecule has 1 fully saturated rings. The van der Waals surface area contributed by atoms with Crippen molar-refractivity contribution in [1.82, 2.24) is 4.90 Å². The third-order valence-electron chi connectivity index (χ3n) is 4.81. The van der Waals surface area contributed by atoms with Crippen LogP contribution in [0.4, 0.5) is 11.4 Å². The number of anilines is 2. The van der Waals surface area contributed by atoms with E-state index in [1.807, 2.05) is 11.0 Å². The minimum Gasteiger partial charge on any atom is -0.376 e. The van der Waals surface area contributed by atoms with Crippen LogP contribution in [0.3, 0.4) is 0 Å². The van der Waals surface area contributed by atoms with Crippen LogP contribution < -0.4 is 10.2 Å². The molecule has 25 heavy (non-hydrogen) atoms. The Bertz CT molecular complexity index is 749. The van der Waals surface area contributed by atoms with Gasteiger partial charge in [-0.25, -0.2) is 0 Å². The number of carbonyl (C=O) groups is 1. The first-order chi connectivity index (χ1) is 12.0. The summed E-state index contributed by atoms with van der Waals surface area (Å²) in [6, 6.07) is 14.8. The molecule has 2 aromatic rings. The molecule has 0 spiro atoms. The molecule has 0 unspecified atom stereocenters. The molecule has 4 heteroatoms. The summed E-state index contributed by atoms with van der Waals surface area (Å²) in [7, 11) is 0. The second-order valence-electron chi connectivity index (χ2n) is 6.88. The molecule has 1 aliphatic rings. The van der Waals surface area contributed by atoms with Gasteiger partial charge in [0.2, 0.25) is 5.91 Å². The third kappa shape index (κ3) is 4.32. The van der Waals surface area contributed by atoms with Gasteiger partial charge in [-0.1, -0.05) is 29.8 Å². The highest BCUT2D eigenvalue weighted by Crippen LogP contribution is 2.18. The average molecular weight is 337 g/mol. The van der Waals surface area contributed by atoms with Gasteiger partial charge < -0.3 is 15.1 Å². The Labute approximate surface area is 150 Å². The van der Waals surface area contributed by atoms with Gasteiger partial charge in [0.05, 0.1) is 6.54 Å². The second-order valence-corrected chi connectivity index (χ2v) is 6.88. The molecule has 1 N–H and O–H groups in total. The zero-order valence-electron chi connectivity index (χ0n) is 15.4. The summed E-state index contributed by atoms with van der Waals surface area (Å²) in [6.07, 6.45) is 0. The van der Waals surface area contributed by atoms with Crippen molar-refractivity contribution in [2.45, 2.75) is 20.8 Å². The lowest BCUT2D eigenvalue weighted by molar-refractivity contribution is -0.129. The Hall–Kier alpha value is -2.49. The molecule has 0 atom stereocenters. The van der Waals surface area contributed by atoms with Crippen LogP contribution in [-0.2, 0) is 4.79 Å². The van der Waals surface area contributed by atoms with E-state index in [1.165, 1.54) is 22.4 Å². The molecule has 0 aliphatic carbocycles. The van der Waals surface area contributed by atoms with Crippen molar-refractivity contribution >= 4 is 17.3 Å². The summed E-state index contributed by atoms with van der Waals surface area (Å²) in [4.78, 5) is 16.8. The quantitative estimate of drug-likeness (QED) is 0.929. The number of nitrogens with one attached hydrogen (secondary N) is 1. The van der Waals surface area contributed by atoms with Crippen LogP contribution in [0, 0.1) is 20.8 Å². The van der Waals surface area contributed by atoms with E-state index in [9.17, 15) is 4.79 Å². The first-order valence-corrected chi connectivity index (χ1v) is 8.93. The van der Waals surface area contributed by atoms with Gasteiger partial charge in [-0.05, 0) is 50.1 Å². The normalized spacial score (nSPS) is 14.5. The fraction of sp³-hybridized carbons (Fsp3) is 0.381. The number of benzene rings is 2. The molecule has 1 amide bonds. The predicted molar refractivity (Wildman–Crippen MR) is 104 cm³/mol.